The number of likely N-dealkylation sites (tertiary alicyclic amines) is 1. The molecule has 0 spiro atoms. The molecule has 0 aromatic heterocycles. The van der Waals surface area contributed by atoms with Gasteiger partial charge in [0.25, 0.3) is 0 Å². The molecule has 1 aromatic carbocycles. The highest BCUT2D eigenvalue weighted by Gasteiger charge is 2.27. The van der Waals surface area contributed by atoms with E-state index in [2.05, 4.69) is 21.2 Å². The van der Waals surface area contributed by atoms with Gasteiger partial charge < -0.3 is 15.0 Å². The normalized spacial score (nSPS) is 15.8. The highest BCUT2D eigenvalue weighted by molar-refractivity contribution is 9.10. The number of hydrogen-bond donors (Lipinski definition) is 1. The van der Waals surface area contributed by atoms with Crippen LogP contribution in [-0.4, -0.2) is 35.6 Å². The van der Waals surface area contributed by atoms with Crippen molar-refractivity contribution in [1.82, 2.24) is 4.90 Å². The predicted molar refractivity (Wildman–Crippen MR) is 97.9 cm³/mol. The maximum absolute atomic E-state index is 13.2. The minimum atomic E-state index is -0.503. The second-order valence-corrected chi connectivity index (χ2v) is 8.15. The summed E-state index contributed by atoms with van der Waals surface area (Å²) in [4.78, 5) is 25.9. The Bertz CT molecular complexity index is 638. The van der Waals surface area contributed by atoms with E-state index < -0.39 is 5.60 Å². The van der Waals surface area contributed by atoms with Gasteiger partial charge in [0, 0.05) is 25.2 Å². The van der Waals surface area contributed by atoms with E-state index in [0.29, 0.717) is 29.7 Å². The SMILES string of the molecule is CC(C)(C)OC(=O)N1CCC(CC(=O)Nc2ccc(F)c(Br)c2)CC1. The molecule has 2 rings (SSSR count). The van der Waals surface area contributed by atoms with Gasteiger partial charge in [-0.3, -0.25) is 4.79 Å². The lowest BCUT2D eigenvalue weighted by Gasteiger charge is -2.33. The van der Waals surface area contributed by atoms with Gasteiger partial charge >= 0.3 is 6.09 Å². The van der Waals surface area contributed by atoms with Gasteiger partial charge in [-0.2, -0.15) is 0 Å². The third-order valence-corrected chi connectivity index (χ3v) is 4.55. The average molecular weight is 415 g/mol. The third-order valence-electron chi connectivity index (χ3n) is 3.94. The van der Waals surface area contributed by atoms with Crippen LogP contribution in [0.2, 0.25) is 0 Å². The number of nitrogens with zero attached hydrogens (tertiary/aromatic N) is 1. The number of piperidine rings is 1. The van der Waals surface area contributed by atoms with Crippen LogP contribution in [0.1, 0.15) is 40.0 Å². The van der Waals surface area contributed by atoms with E-state index in [4.69, 9.17) is 4.74 Å². The van der Waals surface area contributed by atoms with Crippen molar-refractivity contribution in [3.05, 3.63) is 28.5 Å². The fraction of sp³-hybridized carbons (Fsp3) is 0.556. The summed E-state index contributed by atoms with van der Waals surface area (Å²) in [5, 5.41) is 2.78. The maximum atomic E-state index is 13.2. The van der Waals surface area contributed by atoms with E-state index in [9.17, 15) is 14.0 Å². The van der Waals surface area contributed by atoms with Gasteiger partial charge in [0.1, 0.15) is 11.4 Å². The molecule has 0 unspecified atom stereocenters. The molecule has 1 aliphatic rings. The molecule has 25 heavy (non-hydrogen) atoms. The fourth-order valence-corrected chi connectivity index (χ4v) is 3.07. The van der Waals surface area contributed by atoms with Crippen molar-refractivity contribution in [2.75, 3.05) is 18.4 Å². The molecule has 1 N–H and O–H groups in total. The van der Waals surface area contributed by atoms with Crippen LogP contribution in [0.3, 0.4) is 0 Å². The predicted octanol–water partition coefficient (Wildman–Crippen LogP) is 4.56. The van der Waals surface area contributed by atoms with Gasteiger partial charge in [0.2, 0.25) is 5.91 Å². The summed E-state index contributed by atoms with van der Waals surface area (Å²) in [5.74, 6) is -0.246. The molecule has 2 amide bonds. The fourth-order valence-electron chi connectivity index (χ4n) is 2.69. The van der Waals surface area contributed by atoms with Crippen LogP contribution < -0.4 is 5.32 Å². The summed E-state index contributed by atoms with van der Waals surface area (Å²) in [6.45, 7) is 6.71. The van der Waals surface area contributed by atoms with Crippen LogP contribution in [0.25, 0.3) is 0 Å². The lowest BCUT2D eigenvalue weighted by Crippen LogP contribution is -2.42. The molecular weight excluding hydrogens is 391 g/mol. The third kappa shape index (κ3) is 6.30. The molecule has 1 heterocycles. The van der Waals surface area contributed by atoms with Gasteiger partial charge in [-0.1, -0.05) is 0 Å². The molecule has 138 valence electrons. The first-order valence-corrected chi connectivity index (χ1v) is 9.16. The summed E-state index contributed by atoms with van der Waals surface area (Å²) in [7, 11) is 0. The molecule has 0 atom stereocenters. The van der Waals surface area contributed by atoms with Crippen LogP contribution in [0.15, 0.2) is 22.7 Å². The summed E-state index contributed by atoms with van der Waals surface area (Å²) < 4.78 is 18.9. The number of amides is 2. The van der Waals surface area contributed by atoms with Gasteiger partial charge in [-0.25, -0.2) is 9.18 Å². The topological polar surface area (TPSA) is 58.6 Å². The quantitative estimate of drug-likeness (QED) is 0.787. The first-order valence-electron chi connectivity index (χ1n) is 8.37. The van der Waals surface area contributed by atoms with Crippen molar-refractivity contribution in [3.8, 4) is 0 Å². The molecule has 0 aliphatic carbocycles. The number of carbonyl (C=O) groups excluding carboxylic acids is 2. The van der Waals surface area contributed by atoms with Gasteiger partial charge in [-0.15, -0.1) is 0 Å². The van der Waals surface area contributed by atoms with E-state index in [0.717, 1.165) is 12.8 Å². The molecule has 1 aliphatic heterocycles. The second kappa shape index (κ2) is 8.17. The van der Waals surface area contributed by atoms with Crippen LogP contribution in [-0.2, 0) is 9.53 Å². The van der Waals surface area contributed by atoms with Gasteiger partial charge in [-0.05, 0) is 73.7 Å². The first kappa shape index (κ1) is 19.7. The molecule has 0 bridgehead atoms. The standard InChI is InChI=1S/C18H24BrFN2O3/c1-18(2,3)25-17(24)22-8-6-12(7-9-22)10-16(23)21-13-4-5-15(20)14(19)11-13/h4-5,11-12H,6-10H2,1-3H3,(H,21,23). The minimum absolute atomic E-state index is 0.103. The Morgan fingerprint density at radius 2 is 1.96 bits per heavy atom. The van der Waals surface area contributed by atoms with Crippen molar-refractivity contribution in [3.63, 3.8) is 0 Å². The van der Waals surface area contributed by atoms with Crippen LogP contribution in [0.5, 0.6) is 0 Å². The summed E-state index contributed by atoms with van der Waals surface area (Å²) >= 11 is 3.10. The average Bonchev–Trinajstić information content (AvgIpc) is 2.50. The van der Waals surface area contributed by atoms with Crippen molar-refractivity contribution < 1.29 is 18.7 Å². The molecule has 0 radical (unpaired) electrons. The minimum Gasteiger partial charge on any atom is -0.444 e. The molecular formula is C18H24BrFN2O3. The zero-order chi connectivity index (χ0) is 18.6. The molecule has 1 fully saturated rings. The van der Waals surface area contributed by atoms with Crippen molar-refractivity contribution >= 4 is 33.6 Å². The highest BCUT2D eigenvalue weighted by atomic mass is 79.9. The lowest BCUT2D eigenvalue weighted by atomic mass is 9.93. The first-order chi connectivity index (χ1) is 11.6. The van der Waals surface area contributed by atoms with Crippen molar-refractivity contribution in [1.29, 1.82) is 0 Å². The zero-order valence-corrected chi connectivity index (χ0v) is 16.4. The van der Waals surface area contributed by atoms with E-state index in [1.54, 1.807) is 11.0 Å². The van der Waals surface area contributed by atoms with E-state index in [-0.39, 0.29) is 23.7 Å². The number of halogens is 2. The number of hydrogen-bond acceptors (Lipinski definition) is 3. The number of benzene rings is 1. The van der Waals surface area contributed by atoms with Gasteiger partial charge in [0.15, 0.2) is 0 Å². The molecule has 0 saturated carbocycles. The Kier molecular flexibility index (Phi) is 6.43. The van der Waals surface area contributed by atoms with Crippen LogP contribution in [0, 0.1) is 11.7 Å². The van der Waals surface area contributed by atoms with Gasteiger partial charge in [0.05, 0.1) is 4.47 Å². The number of carbonyl (C=O) groups is 2. The van der Waals surface area contributed by atoms with E-state index >= 15 is 0 Å². The monoisotopic (exact) mass is 414 g/mol. The Hall–Kier alpha value is -1.63. The van der Waals surface area contributed by atoms with E-state index in [1.807, 2.05) is 20.8 Å². The van der Waals surface area contributed by atoms with Crippen molar-refractivity contribution in [2.45, 2.75) is 45.6 Å². The zero-order valence-electron chi connectivity index (χ0n) is 14.8. The number of ether oxygens (including phenoxy) is 1. The Morgan fingerprint density at radius 1 is 1.32 bits per heavy atom. The largest absolute Gasteiger partial charge is 0.444 e. The second-order valence-electron chi connectivity index (χ2n) is 7.29. The van der Waals surface area contributed by atoms with E-state index in [1.165, 1.54) is 12.1 Å². The van der Waals surface area contributed by atoms with Crippen LogP contribution >= 0.6 is 15.9 Å². The molecule has 7 heteroatoms. The number of anilines is 1. The number of nitrogens with one attached hydrogen (secondary N) is 1. The highest BCUT2D eigenvalue weighted by Crippen LogP contribution is 2.24. The Labute approximate surface area is 156 Å². The maximum Gasteiger partial charge on any atom is 0.410 e. The van der Waals surface area contributed by atoms with Crippen LogP contribution in [0.4, 0.5) is 14.9 Å². The Balaban J connectivity index is 1.78. The molecule has 5 nitrogen and oxygen atoms in total. The molecule has 1 aromatic rings. The van der Waals surface area contributed by atoms with Crippen molar-refractivity contribution in [2.24, 2.45) is 5.92 Å². The summed E-state index contributed by atoms with van der Waals surface area (Å²) in [5.41, 5.74) is 0.0570. The Morgan fingerprint density at radius 3 is 2.52 bits per heavy atom. The molecule has 1 saturated heterocycles. The smallest absolute Gasteiger partial charge is 0.410 e. The summed E-state index contributed by atoms with van der Waals surface area (Å²) in [6.07, 6.45) is 1.61. The summed E-state index contributed by atoms with van der Waals surface area (Å²) in [6, 6.07) is 4.38. The lowest BCUT2D eigenvalue weighted by molar-refractivity contribution is -0.117. The number of rotatable bonds is 3.